The van der Waals surface area contributed by atoms with Crippen molar-refractivity contribution in [2.24, 2.45) is 0 Å². The molecule has 0 radical (unpaired) electrons. The first-order chi connectivity index (χ1) is 8.99. The molecule has 0 atom stereocenters. The van der Waals surface area contributed by atoms with E-state index in [-0.39, 0.29) is 11.3 Å². The van der Waals surface area contributed by atoms with E-state index in [1.807, 2.05) is 0 Å². The predicted octanol–water partition coefficient (Wildman–Crippen LogP) is 3.45. The van der Waals surface area contributed by atoms with Gasteiger partial charge in [-0.15, -0.1) is 0 Å². The molecule has 19 heavy (non-hydrogen) atoms. The molecule has 3 N–H and O–H groups in total. The number of hydrogen-bond acceptors (Lipinski definition) is 2. The number of rotatable bonds is 2. The molecule has 0 aliphatic heterocycles. The number of para-hydroxylation sites is 1. The number of amides is 1. The summed E-state index contributed by atoms with van der Waals surface area (Å²) in [6, 6.07) is 7.56. The molecule has 0 saturated carbocycles. The Morgan fingerprint density at radius 1 is 1.16 bits per heavy atom. The first-order valence-corrected chi connectivity index (χ1v) is 5.67. The minimum atomic E-state index is -0.867. The van der Waals surface area contributed by atoms with E-state index >= 15 is 0 Å². The smallest absolute Gasteiger partial charge is 0.257 e. The van der Waals surface area contributed by atoms with Gasteiger partial charge in [-0.3, -0.25) is 4.79 Å². The van der Waals surface area contributed by atoms with Crippen molar-refractivity contribution in [3.63, 3.8) is 0 Å². The number of nitrogens with one attached hydrogen (secondary N) is 1. The molecule has 0 spiro atoms. The Kier molecular flexibility index (Phi) is 3.66. The number of halogens is 3. The highest BCUT2D eigenvalue weighted by atomic mass is 35.5. The van der Waals surface area contributed by atoms with Gasteiger partial charge in [-0.05, 0) is 30.3 Å². The maximum absolute atomic E-state index is 13.4. The second-order valence-corrected chi connectivity index (χ2v) is 4.22. The number of carbonyl (C=O) groups is 1. The van der Waals surface area contributed by atoms with Crippen LogP contribution in [0.2, 0.25) is 5.02 Å². The zero-order valence-electron chi connectivity index (χ0n) is 9.58. The van der Waals surface area contributed by atoms with Crippen LogP contribution in [0.5, 0.6) is 0 Å². The van der Waals surface area contributed by atoms with Gasteiger partial charge in [0.2, 0.25) is 0 Å². The first-order valence-electron chi connectivity index (χ1n) is 5.29. The van der Waals surface area contributed by atoms with Crippen molar-refractivity contribution in [2.75, 3.05) is 11.1 Å². The van der Waals surface area contributed by atoms with Gasteiger partial charge >= 0.3 is 0 Å². The van der Waals surface area contributed by atoms with Crippen LogP contribution >= 0.6 is 11.6 Å². The summed E-state index contributed by atoms with van der Waals surface area (Å²) in [4.78, 5) is 11.9. The lowest BCUT2D eigenvalue weighted by Gasteiger charge is -2.09. The molecule has 3 nitrogen and oxygen atoms in total. The average Bonchev–Trinajstić information content (AvgIpc) is 2.37. The zero-order valence-corrected chi connectivity index (χ0v) is 10.3. The lowest BCUT2D eigenvalue weighted by Crippen LogP contribution is -2.16. The Morgan fingerprint density at radius 3 is 2.42 bits per heavy atom. The van der Waals surface area contributed by atoms with Crippen molar-refractivity contribution in [1.82, 2.24) is 0 Å². The number of nitrogen functional groups attached to an aromatic ring is 1. The molecule has 0 saturated heterocycles. The maximum Gasteiger partial charge on any atom is 0.257 e. The van der Waals surface area contributed by atoms with Crippen LogP contribution in [0.3, 0.4) is 0 Å². The van der Waals surface area contributed by atoms with E-state index in [1.165, 1.54) is 24.3 Å². The molecule has 0 heterocycles. The summed E-state index contributed by atoms with van der Waals surface area (Å²) >= 11 is 5.74. The van der Waals surface area contributed by atoms with Crippen molar-refractivity contribution in [3.05, 3.63) is 58.6 Å². The maximum atomic E-state index is 13.4. The first kappa shape index (κ1) is 13.3. The molecule has 0 aliphatic rings. The zero-order chi connectivity index (χ0) is 14.0. The molecule has 6 heteroatoms. The van der Waals surface area contributed by atoms with E-state index in [1.54, 1.807) is 0 Å². The minimum absolute atomic E-state index is 0.0511. The standard InChI is InChI=1S/C13H9ClF2N2O/c14-7-4-5-11(17)8(6-7)13(19)18-12-9(15)2-1-3-10(12)16/h1-6H,17H2,(H,18,19). The molecule has 2 rings (SSSR count). The molecule has 1 amide bonds. The quantitative estimate of drug-likeness (QED) is 0.829. The van der Waals surface area contributed by atoms with Gasteiger partial charge in [-0.1, -0.05) is 17.7 Å². The SMILES string of the molecule is Nc1ccc(Cl)cc1C(=O)Nc1c(F)cccc1F. The van der Waals surface area contributed by atoms with Crippen LogP contribution in [0.4, 0.5) is 20.2 Å². The van der Waals surface area contributed by atoms with Gasteiger partial charge < -0.3 is 11.1 Å². The Balaban J connectivity index is 2.34. The third-order valence-corrected chi connectivity index (χ3v) is 2.70. The number of carbonyl (C=O) groups excluding carboxylic acids is 1. The van der Waals surface area contributed by atoms with Gasteiger partial charge in [0.1, 0.15) is 17.3 Å². The van der Waals surface area contributed by atoms with Gasteiger partial charge in [-0.25, -0.2) is 8.78 Å². The van der Waals surface area contributed by atoms with Crippen LogP contribution in [-0.2, 0) is 0 Å². The molecular weight excluding hydrogens is 274 g/mol. The van der Waals surface area contributed by atoms with E-state index in [4.69, 9.17) is 17.3 Å². The van der Waals surface area contributed by atoms with E-state index < -0.39 is 23.2 Å². The summed E-state index contributed by atoms with van der Waals surface area (Å²) in [5.74, 6) is -2.47. The van der Waals surface area contributed by atoms with Crippen LogP contribution in [0, 0.1) is 11.6 Å². The molecule has 0 aliphatic carbocycles. The van der Waals surface area contributed by atoms with Crippen molar-refractivity contribution in [3.8, 4) is 0 Å². The highest BCUT2D eigenvalue weighted by Gasteiger charge is 2.15. The van der Waals surface area contributed by atoms with Gasteiger partial charge in [0, 0.05) is 10.7 Å². The topological polar surface area (TPSA) is 55.1 Å². The Labute approximate surface area is 113 Å². The Bertz CT molecular complexity index is 626. The monoisotopic (exact) mass is 282 g/mol. The lowest BCUT2D eigenvalue weighted by atomic mass is 10.1. The second kappa shape index (κ2) is 5.24. The van der Waals surface area contributed by atoms with Crippen LogP contribution in [0.1, 0.15) is 10.4 Å². The third kappa shape index (κ3) is 2.82. The van der Waals surface area contributed by atoms with Crippen molar-refractivity contribution in [2.45, 2.75) is 0 Å². The molecule has 98 valence electrons. The molecular formula is C13H9ClF2N2O. The summed E-state index contributed by atoms with van der Waals surface area (Å²) in [5.41, 5.74) is 5.31. The normalized spacial score (nSPS) is 10.3. The Hall–Kier alpha value is -2.14. The number of anilines is 2. The number of nitrogens with two attached hydrogens (primary N) is 1. The van der Waals surface area contributed by atoms with Crippen molar-refractivity contribution in [1.29, 1.82) is 0 Å². The number of hydrogen-bond donors (Lipinski definition) is 2. The van der Waals surface area contributed by atoms with Gasteiger partial charge in [0.05, 0.1) is 5.56 Å². The summed E-state index contributed by atoms with van der Waals surface area (Å²) in [7, 11) is 0. The van der Waals surface area contributed by atoms with E-state index in [9.17, 15) is 13.6 Å². The highest BCUT2D eigenvalue weighted by Crippen LogP contribution is 2.22. The summed E-state index contributed by atoms with van der Waals surface area (Å²) in [6.45, 7) is 0. The predicted molar refractivity (Wildman–Crippen MR) is 70.2 cm³/mol. The number of benzene rings is 2. The molecule has 2 aromatic rings. The van der Waals surface area contributed by atoms with Gasteiger partial charge in [0.25, 0.3) is 5.91 Å². The minimum Gasteiger partial charge on any atom is -0.398 e. The van der Waals surface area contributed by atoms with Crippen molar-refractivity contribution >= 4 is 28.9 Å². The fraction of sp³-hybridized carbons (Fsp3) is 0. The van der Waals surface area contributed by atoms with Gasteiger partial charge in [-0.2, -0.15) is 0 Å². The van der Waals surface area contributed by atoms with E-state index in [0.29, 0.717) is 5.02 Å². The third-order valence-electron chi connectivity index (χ3n) is 2.46. The van der Waals surface area contributed by atoms with Crippen LogP contribution in [-0.4, -0.2) is 5.91 Å². The summed E-state index contributed by atoms with van der Waals surface area (Å²) in [5, 5.41) is 2.43. The second-order valence-electron chi connectivity index (χ2n) is 3.78. The molecule has 0 fully saturated rings. The molecule has 0 unspecified atom stereocenters. The van der Waals surface area contributed by atoms with Gasteiger partial charge in [0.15, 0.2) is 0 Å². The van der Waals surface area contributed by atoms with E-state index in [0.717, 1.165) is 12.1 Å². The summed E-state index contributed by atoms with van der Waals surface area (Å²) < 4.78 is 26.8. The van der Waals surface area contributed by atoms with Crippen LogP contribution < -0.4 is 11.1 Å². The fourth-order valence-corrected chi connectivity index (χ4v) is 1.70. The summed E-state index contributed by atoms with van der Waals surface area (Å²) in [6.07, 6.45) is 0. The molecule has 0 aromatic heterocycles. The highest BCUT2D eigenvalue weighted by molar-refractivity contribution is 6.31. The molecule has 2 aromatic carbocycles. The molecule has 0 bridgehead atoms. The fourth-order valence-electron chi connectivity index (χ4n) is 1.52. The Morgan fingerprint density at radius 2 is 1.79 bits per heavy atom. The van der Waals surface area contributed by atoms with Crippen LogP contribution in [0.25, 0.3) is 0 Å². The average molecular weight is 283 g/mol. The van der Waals surface area contributed by atoms with E-state index in [2.05, 4.69) is 5.32 Å². The van der Waals surface area contributed by atoms with Crippen LogP contribution in [0.15, 0.2) is 36.4 Å². The largest absolute Gasteiger partial charge is 0.398 e. The lowest BCUT2D eigenvalue weighted by molar-refractivity contribution is 0.102. The van der Waals surface area contributed by atoms with Crippen molar-refractivity contribution < 1.29 is 13.6 Å².